The first-order valence-electron chi connectivity index (χ1n) is 7.33. The summed E-state index contributed by atoms with van der Waals surface area (Å²) in [7, 11) is 0. The van der Waals surface area contributed by atoms with Crippen LogP contribution in [-0.2, 0) is 0 Å². The number of nitrogens with zero attached hydrogens (tertiary/aromatic N) is 5. The molecule has 1 aliphatic heterocycles. The summed E-state index contributed by atoms with van der Waals surface area (Å²) in [4.78, 5) is 12.7. The molecule has 25 heavy (non-hydrogen) atoms. The van der Waals surface area contributed by atoms with Crippen molar-refractivity contribution in [1.29, 1.82) is 5.41 Å². The molecule has 0 saturated heterocycles. The number of aromatic nitrogens is 3. The average Bonchev–Trinajstić information content (AvgIpc) is 3.01. The molecular weight excluding hydrogens is 326 g/mol. The molecule has 0 aliphatic carbocycles. The molecule has 11 heteroatoms. The summed E-state index contributed by atoms with van der Waals surface area (Å²) in [5, 5.41) is 33.0. The number of nitrogens with two attached hydrogens (primary N) is 2. The number of hydrogen-bond donors (Lipinski definition) is 6. The lowest BCUT2D eigenvalue weighted by Gasteiger charge is -2.16. The molecule has 3 rings (SSSR count). The molecule has 0 radical (unpaired) electrons. The maximum Gasteiger partial charge on any atom is 0.183 e. The van der Waals surface area contributed by atoms with E-state index in [0.717, 1.165) is 0 Å². The van der Waals surface area contributed by atoms with Crippen molar-refractivity contribution >= 4 is 34.9 Å². The van der Waals surface area contributed by atoms with E-state index >= 15 is 0 Å². The van der Waals surface area contributed by atoms with Crippen molar-refractivity contribution in [2.24, 2.45) is 10.1 Å². The van der Waals surface area contributed by atoms with Crippen LogP contribution >= 0.6 is 0 Å². The van der Waals surface area contributed by atoms with E-state index < -0.39 is 6.04 Å². The van der Waals surface area contributed by atoms with Gasteiger partial charge < -0.3 is 27.0 Å². The van der Waals surface area contributed by atoms with E-state index in [-0.39, 0.29) is 41.7 Å². The predicted molar refractivity (Wildman–Crippen MR) is 92.8 cm³/mol. The molecule has 2 aromatic rings. The molecule has 0 bridgehead atoms. The summed E-state index contributed by atoms with van der Waals surface area (Å²) in [5.74, 6) is 0.814. The number of aliphatic imine (C=N–C) groups is 1. The topological polar surface area (TPSA) is 184 Å². The number of fused-ring (bicyclic) bond motifs is 1. The van der Waals surface area contributed by atoms with Crippen molar-refractivity contribution in [2.45, 2.75) is 6.04 Å². The fourth-order valence-corrected chi connectivity index (χ4v) is 2.16. The van der Waals surface area contributed by atoms with E-state index in [0.29, 0.717) is 11.5 Å². The Morgan fingerprint density at radius 2 is 2.04 bits per heavy atom. The Hall–Kier alpha value is -3.31. The van der Waals surface area contributed by atoms with Gasteiger partial charge in [0.25, 0.3) is 0 Å². The summed E-state index contributed by atoms with van der Waals surface area (Å²) in [6.07, 6.45) is 2.94. The highest BCUT2D eigenvalue weighted by atomic mass is 16.3. The Bertz CT molecular complexity index is 915. The van der Waals surface area contributed by atoms with Gasteiger partial charge in [0.1, 0.15) is 11.2 Å². The lowest BCUT2D eigenvalue weighted by molar-refractivity contribution is 0.203. The average molecular weight is 343 g/mol. The van der Waals surface area contributed by atoms with Gasteiger partial charge in [-0.3, -0.25) is 5.41 Å². The second-order valence-corrected chi connectivity index (χ2v) is 5.25. The van der Waals surface area contributed by atoms with Crippen LogP contribution in [0.5, 0.6) is 0 Å². The van der Waals surface area contributed by atoms with Crippen molar-refractivity contribution in [2.75, 3.05) is 30.0 Å². The number of hydrogen-bond acceptors (Lipinski definition) is 10. The molecule has 0 aromatic carbocycles. The molecular formula is C14H17N9O2. The van der Waals surface area contributed by atoms with Gasteiger partial charge in [-0.1, -0.05) is 0 Å². The molecule has 2 aromatic heterocycles. The van der Waals surface area contributed by atoms with Gasteiger partial charge in [-0.25, -0.2) is 15.0 Å². The third-order valence-corrected chi connectivity index (χ3v) is 3.45. The Kier molecular flexibility index (Phi) is 4.41. The zero-order valence-corrected chi connectivity index (χ0v) is 13.1. The van der Waals surface area contributed by atoms with Crippen molar-refractivity contribution < 1.29 is 10.2 Å². The minimum Gasteiger partial charge on any atom is -0.396 e. The van der Waals surface area contributed by atoms with Gasteiger partial charge in [-0.05, 0) is 6.07 Å². The maximum absolute atomic E-state index is 9.18. The van der Waals surface area contributed by atoms with E-state index in [2.05, 4.69) is 25.4 Å². The van der Waals surface area contributed by atoms with E-state index in [1.54, 1.807) is 0 Å². The fraction of sp³-hybridized carbons (Fsp3) is 0.214. The first kappa shape index (κ1) is 16.5. The standard InChI is InChI=1S/C14H17N9O2/c15-8-3-9(16)13(22-12(8)20-7(5-24)6-25)21-10-4-19-23-11(17)1-2-18-14(10)23/h1-4,7,17,24-25H,5-6,15-16H2,(H,20,22)/b17-11?,21-10-. The molecule has 11 nitrogen and oxygen atoms in total. The van der Waals surface area contributed by atoms with Gasteiger partial charge in [-0.2, -0.15) is 9.78 Å². The van der Waals surface area contributed by atoms with Crippen molar-refractivity contribution in [3.8, 4) is 0 Å². The second-order valence-electron chi connectivity index (χ2n) is 5.25. The number of rotatable bonds is 5. The smallest absolute Gasteiger partial charge is 0.183 e. The Balaban J connectivity index is 2.01. The highest BCUT2D eigenvalue weighted by Crippen LogP contribution is 2.28. The van der Waals surface area contributed by atoms with Crippen LogP contribution < -0.4 is 22.3 Å². The van der Waals surface area contributed by atoms with Gasteiger partial charge in [0, 0.05) is 12.3 Å². The first-order valence-corrected chi connectivity index (χ1v) is 7.33. The van der Waals surface area contributed by atoms with Crippen molar-refractivity contribution in [1.82, 2.24) is 14.6 Å². The number of pyridine rings is 1. The molecule has 8 N–H and O–H groups in total. The second kappa shape index (κ2) is 6.67. The molecule has 0 amide bonds. The number of nitrogen functional groups attached to an aromatic ring is 2. The minimum absolute atomic E-state index is 0.167. The summed E-state index contributed by atoms with van der Waals surface area (Å²) >= 11 is 0. The number of nitrogens with one attached hydrogen (secondary N) is 2. The molecule has 130 valence electrons. The predicted octanol–water partition coefficient (Wildman–Crippen LogP) is -1.34. The molecule has 0 fully saturated rings. The van der Waals surface area contributed by atoms with Crippen LogP contribution in [0.3, 0.4) is 0 Å². The van der Waals surface area contributed by atoms with Crippen molar-refractivity contribution in [3.63, 3.8) is 0 Å². The van der Waals surface area contributed by atoms with E-state index in [1.165, 1.54) is 29.2 Å². The van der Waals surface area contributed by atoms with E-state index in [4.69, 9.17) is 16.9 Å². The van der Waals surface area contributed by atoms with E-state index in [1.807, 2.05) is 0 Å². The number of anilines is 3. The summed E-state index contributed by atoms with van der Waals surface area (Å²) in [5.41, 5.74) is 12.9. The zero-order valence-electron chi connectivity index (χ0n) is 13.1. The van der Waals surface area contributed by atoms with E-state index in [9.17, 15) is 10.2 Å². The van der Waals surface area contributed by atoms with Gasteiger partial charge in [0.15, 0.2) is 17.5 Å². The summed E-state index contributed by atoms with van der Waals surface area (Å²) < 4.78 is 1.33. The fourth-order valence-electron chi connectivity index (χ4n) is 2.16. The van der Waals surface area contributed by atoms with Crippen LogP contribution in [-0.4, -0.2) is 56.0 Å². The zero-order chi connectivity index (χ0) is 18.0. The van der Waals surface area contributed by atoms with Gasteiger partial charge in [-0.15, -0.1) is 0 Å². The third kappa shape index (κ3) is 3.18. The molecule has 0 unspecified atom stereocenters. The lowest BCUT2D eigenvalue weighted by Crippen LogP contribution is -2.28. The molecule has 0 saturated carbocycles. The Morgan fingerprint density at radius 3 is 2.76 bits per heavy atom. The monoisotopic (exact) mass is 343 g/mol. The van der Waals surface area contributed by atoms with Crippen LogP contribution in [0.25, 0.3) is 0 Å². The SMILES string of the molecule is N=c1ccnc2n1N=C/C2=N/c1nc(NC(CO)CO)c(N)cc1N. The Morgan fingerprint density at radius 1 is 1.28 bits per heavy atom. The van der Waals surface area contributed by atoms with Crippen molar-refractivity contribution in [3.05, 3.63) is 29.6 Å². The number of aliphatic hydroxyl groups excluding tert-OH is 2. The quantitative estimate of drug-likeness (QED) is 0.388. The first-order chi connectivity index (χ1) is 12.0. The summed E-state index contributed by atoms with van der Waals surface area (Å²) in [6, 6.07) is 2.37. The van der Waals surface area contributed by atoms with Crippen LogP contribution in [0, 0.1) is 5.41 Å². The van der Waals surface area contributed by atoms with Gasteiger partial charge >= 0.3 is 0 Å². The molecule has 0 atom stereocenters. The summed E-state index contributed by atoms with van der Waals surface area (Å²) in [6.45, 7) is -0.586. The van der Waals surface area contributed by atoms with Crippen LogP contribution in [0.15, 0.2) is 28.4 Å². The molecule has 3 heterocycles. The lowest BCUT2D eigenvalue weighted by atomic mass is 10.3. The van der Waals surface area contributed by atoms with Gasteiger partial charge in [0.2, 0.25) is 0 Å². The van der Waals surface area contributed by atoms with Crippen LogP contribution in [0.4, 0.5) is 23.0 Å². The van der Waals surface area contributed by atoms with Crippen LogP contribution in [0.2, 0.25) is 0 Å². The van der Waals surface area contributed by atoms with Crippen LogP contribution in [0.1, 0.15) is 5.82 Å². The number of aliphatic hydroxyl groups is 2. The minimum atomic E-state index is -0.615. The normalized spacial score (nSPS) is 14.3. The largest absolute Gasteiger partial charge is 0.396 e. The molecule has 0 spiro atoms. The Labute approximate surface area is 141 Å². The maximum atomic E-state index is 9.18. The third-order valence-electron chi connectivity index (χ3n) is 3.45. The highest BCUT2D eigenvalue weighted by Gasteiger charge is 2.17. The highest BCUT2D eigenvalue weighted by molar-refractivity contribution is 6.39. The van der Waals surface area contributed by atoms with Gasteiger partial charge in [0.05, 0.1) is 36.8 Å². The molecule has 1 aliphatic rings.